The summed E-state index contributed by atoms with van der Waals surface area (Å²) in [5, 5.41) is 0.751. The molecule has 1 aromatic rings. The van der Waals surface area contributed by atoms with Crippen LogP contribution < -0.4 is 11.5 Å². The summed E-state index contributed by atoms with van der Waals surface area (Å²) >= 11 is 3.80. The van der Waals surface area contributed by atoms with Crippen molar-refractivity contribution < 1.29 is 4.79 Å². The van der Waals surface area contributed by atoms with Crippen LogP contribution in [-0.2, 0) is 0 Å². The standard InChI is InChI=1S/C11H16N4OS2/c1-2-7-8(18-4-3-17-7)11-14-5-6(10(13)16)9(12)15-11/h5,7-8H,2-4H2,1H3,(H2,13,16)(H2,12,14,15). The molecule has 1 aromatic heterocycles. The molecule has 5 nitrogen and oxygen atoms in total. The van der Waals surface area contributed by atoms with Crippen molar-refractivity contribution in [1.29, 1.82) is 0 Å². The molecule has 2 unspecified atom stereocenters. The summed E-state index contributed by atoms with van der Waals surface area (Å²) < 4.78 is 0. The molecule has 2 atom stereocenters. The normalized spacial score (nSPS) is 23.8. The zero-order valence-electron chi connectivity index (χ0n) is 10.1. The van der Waals surface area contributed by atoms with E-state index >= 15 is 0 Å². The van der Waals surface area contributed by atoms with Crippen LogP contribution in [0, 0.1) is 0 Å². The lowest BCUT2D eigenvalue weighted by Crippen LogP contribution is -2.22. The average molecular weight is 284 g/mol. The number of hydrogen-bond acceptors (Lipinski definition) is 6. The highest BCUT2D eigenvalue weighted by Gasteiger charge is 2.29. The third-order valence-corrected chi connectivity index (χ3v) is 6.05. The van der Waals surface area contributed by atoms with Crippen LogP contribution in [0.4, 0.5) is 5.82 Å². The van der Waals surface area contributed by atoms with Crippen molar-refractivity contribution in [2.24, 2.45) is 5.73 Å². The van der Waals surface area contributed by atoms with E-state index in [1.165, 1.54) is 6.20 Å². The van der Waals surface area contributed by atoms with Crippen molar-refractivity contribution in [3.05, 3.63) is 17.6 Å². The Labute approximate surface area is 115 Å². The fourth-order valence-electron chi connectivity index (χ4n) is 1.88. The number of primary amides is 1. The van der Waals surface area contributed by atoms with Crippen LogP contribution in [-0.4, -0.2) is 32.6 Å². The molecular formula is C11H16N4OS2. The molecule has 7 heteroatoms. The van der Waals surface area contributed by atoms with Gasteiger partial charge < -0.3 is 11.5 Å². The van der Waals surface area contributed by atoms with E-state index < -0.39 is 5.91 Å². The highest BCUT2D eigenvalue weighted by molar-refractivity contribution is 8.06. The zero-order chi connectivity index (χ0) is 13.1. The van der Waals surface area contributed by atoms with Gasteiger partial charge in [0.1, 0.15) is 11.6 Å². The Bertz CT molecular complexity index is 455. The number of amides is 1. The number of hydrogen-bond donors (Lipinski definition) is 2. The molecule has 18 heavy (non-hydrogen) atoms. The van der Waals surface area contributed by atoms with E-state index in [9.17, 15) is 4.79 Å². The number of carbonyl (C=O) groups excluding carboxylic acids is 1. The van der Waals surface area contributed by atoms with E-state index in [4.69, 9.17) is 11.5 Å². The Morgan fingerprint density at radius 3 is 2.83 bits per heavy atom. The van der Waals surface area contributed by atoms with Gasteiger partial charge in [0.2, 0.25) is 0 Å². The van der Waals surface area contributed by atoms with Crippen LogP contribution in [0.2, 0.25) is 0 Å². The predicted octanol–water partition coefficient (Wildman–Crippen LogP) is 1.46. The van der Waals surface area contributed by atoms with Crippen LogP contribution in [0.25, 0.3) is 0 Å². The van der Waals surface area contributed by atoms with Gasteiger partial charge >= 0.3 is 0 Å². The molecule has 0 aromatic carbocycles. The van der Waals surface area contributed by atoms with Crippen molar-refractivity contribution in [2.75, 3.05) is 17.2 Å². The maximum Gasteiger partial charge on any atom is 0.254 e. The van der Waals surface area contributed by atoms with E-state index in [0.717, 1.165) is 17.9 Å². The molecule has 1 fully saturated rings. The van der Waals surface area contributed by atoms with E-state index in [2.05, 4.69) is 16.9 Å². The van der Waals surface area contributed by atoms with Crippen molar-refractivity contribution >= 4 is 35.2 Å². The summed E-state index contributed by atoms with van der Waals surface area (Å²) in [7, 11) is 0. The van der Waals surface area contributed by atoms with Gasteiger partial charge in [0.05, 0.1) is 10.8 Å². The molecule has 0 bridgehead atoms. The second-order valence-corrected chi connectivity index (χ2v) is 6.60. The molecule has 0 aliphatic carbocycles. The van der Waals surface area contributed by atoms with Crippen LogP contribution >= 0.6 is 23.5 Å². The highest BCUT2D eigenvalue weighted by Crippen LogP contribution is 2.42. The smallest absolute Gasteiger partial charge is 0.254 e. The first-order valence-corrected chi connectivity index (χ1v) is 7.88. The average Bonchev–Trinajstić information content (AvgIpc) is 2.38. The Hall–Kier alpha value is -0.950. The second kappa shape index (κ2) is 5.79. The molecule has 1 amide bonds. The first kappa shape index (κ1) is 13.5. The third-order valence-electron chi connectivity index (χ3n) is 2.81. The topological polar surface area (TPSA) is 94.9 Å². The van der Waals surface area contributed by atoms with E-state index in [-0.39, 0.29) is 16.6 Å². The van der Waals surface area contributed by atoms with E-state index in [1.807, 2.05) is 23.5 Å². The lowest BCUT2D eigenvalue weighted by atomic mass is 10.2. The van der Waals surface area contributed by atoms with E-state index in [1.54, 1.807) is 0 Å². The van der Waals surface area contributed by atoms with Crippen molar-refractivity contribution in [3.63, 3.8) is 0 Å². The molecule has 2 rings (SSSR count). The van der Waals surface area contributed by atoms with Gasteiger partial charge in [-0.1, -0.05) is 6.92 Å². The Kier molecular flexibility index (Phi) is 4.34. The van der Waals surface area contributed by atoms with Crippen LogP contribution in [0.3, 0.4) is 0 Å². The summed E-state index contributed by atoms with van der Waals surface area (Å²) in [6.07, 6.45) is 2.51. The molecule has 0 saturated carbocycles. The van der Waals surface area contributed by atoms with Gasteiger partial charge in [0, 0.05) is 23.0 Å². The minimum Gasteiger partial charge on any atom is -0.383 e. The number of thioether (sulfide) groups is 2. The summed E-state index contributed by atoms with van der Waals surface area (Å²) in [5.41, 5.74) is 11.1. The molecule has 0 spiro atoms. The van der Waals surface area contributed by atoms with Gasteiger partial charge in [-0.3, -0.25) is 4.79 Å². The molecule has 0 radical (unpaired) electrons. The lowest BCUT2D eigenvalue weighted by Gasteiger charge is -2.28. The monoisotopic (exact) mass is 284 g/mol. The number of nitrogens with two attached hydrogens (primary N) is 2. The van der Waals surface area contributed by atoms with E-state index in [0.29, 0.717) is 11.1 Å². The molecule has 1 aliphatic heterocycles. The maximum absolute atomic E-state index is 11.1. The summed E-state index contributed by atoms with van der Waals surface area (Å²) in [4.78, 5) is 19.6. The van der Waals surface area contributed by atoms with Crippen molar-refractivity contribution in [3.8, 4) is 0 Å². The minimum absolute atomic E-state index is 0.179. The first-order valence-electron chi connectivity index (χ1n) is 5.79. The first-order chi connectivity index (χ1) is 8.63. The second-order valence-electron chi connectivity index (χ2n) is 4.00. The summed E-state index contributed by atoms with van der Waals surface area (Å²) in [6, 6.07) is 0. The lowest BCUT2D eigenvalue weighted by molar-refractivity contribution is 0.100. The number of rotatable bonds is 3. The zero-order valence-corrected chi connectivity index (χ0v) is 11.8. The summed E-state index contributed by atoms with van der Waals surface area (Å²) in [6.45, 7) is 2.16. The number of anilines is 1. The Morgan fingerprint density at radius 2 is 2.22 bits per heavy atom. The maximum atomic E-state index is 11.1. The molecule has 98 valence electrons. The Balaban J connectivity index is 2.27. The number of aromatic nitrogens is 2. The fourth-order valence-corrected chi connectivity index (χ4v) is 4.88. The highest BCUT2D eigenvalue weighted by atomic mass is 32.2. The van der Waals surface area contributed by atoms with Gasteiger partial charge in [-0.2, -0.15) is 11.8 Å². The SMILES string of the molecule is CCC1SCCSC1c1ncc(C(N)=O)c(N)n1. The number of nitrogens with zero attached hydrogens (tertiary/aromatic N) is 2. The predicted molar refractivity (Wildman–Crippen MR) is 76.7 cm³/mol. The van der Waals surface area contributed by atoms with Crippen LogP contribution in [0.1, 0.15) is 34.8 Å². The number of carbonyl (C=O) groups is 1. The van der Waals surface area contributed by atoms with Gasteiger partial charge in [-0.05, 0) is 6.42 Å². The van der Waals surface area contributed by atoms with Crippen LogP contribution in [0.15, 0.2) is 6.20 Å². The van der Waals surface area contributed by atoms with Gasteiger partial charge in [-0.15, -0.1) is 11.8 Å². The molecule has 2 heterocycles. The molecule has 4 N–H and O–H groups in total. The molecule has 1 saturated heterocycles. The fraction of sp³-hybridized carbons (Fsp3) is 0.545. The van der Waals surface area contributed by atoms with Gasteiger partial charge in [-0.25, -0.2) is 9.97 Å². The Morgan fingerprint density at radius 1 is 1.50 bits per heavy atom. The molecular weight excluding hydrogens is 268 g/mol. The summed E-state index contributed by atoms with van der Waals surface area (Å²) in [5.74, 6) is 2.55. The van der Waals surface area contributed by atoms with Crippen molar-refractivity contribution in [2.45, 2.75) is 23.8 Å². The minimum atomic E-state index is -0.586. The quantitative estimate of drug-likeness (QED) is 0.872. The van der Waals surface area contributed by atoms with Crippen molar-refractivity contribution in [1.82, 2.24) is 9.97 Å². The number of nitrogen functional groups attached to an aromatic ring is 1. The largest absolute Gasteiger partial charge is 0.383 e. The van der Waals surface area contributed by atoms with Crippen LogP contribution in [0.5, 0.6) is 0 Å². The third kappa shape index (κ3) is 2.72. The molecule has 1 aliphatic rings. The van der Waals surface area contributed by atoms with Gasteiger partial charge in [0.25, 0.3) is 5.91 Å². The van der Waals surface area contributed by atoms with Gasteiger partial charge in [0.15, 0.2) is 0 Å².